The lowest BCUT2D eigenvalue weighted by molar-refractivity contribution is -0.141. The fourth-order valence-electron chi connectivity index (χ4n) is 3.05. The molecule has 1 saturated carbocycles. The zero-order valence-corrected chi connectivity index (χ0v) is 18.1. The molecule has 8 nitrogen and oxygen atoms in total. The second kappa shape index (κ2) is 8.54. The number of anilines is 2. The molecule has 0 spiro atoms. The number of rotatable bonds is 8. The molecule has 2 N–H and O–H groups in total. The summed E-state index contributed by atoms with van der Waals surface area (Å²) in [5.41, 5.74) is -0.0996. The highest BCUT2D eigenvalue weighted by Gasteiger charge is 2.37. The van der Waals surface area contributed by atoms with E-state index in [9.17, 15) is 26.4 Å². The number of benzene rings is 1. The van der Waals surface area contributed by atoms with Crippen molar-refractivity contribution >= 4 is 38.1 Å². The summed E-state index contributed by atoms with van der Waals surface area (Å²) in [6.45, 7) is 0.0118. The fraction of sp³-hybridized carbons (Fsp3) is 0.316. The normalized spacial score (nSPS) is 14.3. The van der Waals surface area contributed by atoms with E-state index in [-0.39, 0.29) is 28.9 Å². The van der Waals surface area contributed by atoms with Crippen LogP contribution in [0.3, 0.4) is 0 Å². The van der Waals surface area contributed by atoms with Gasteiger partial charge < -0.3 is 5.32 Å². The molecule has 13 heteroatoms. The van der Waals surface area contributed by atoms with Gasteiger partial charge in [0.05, 0.1) is 4.90 Å². The van der Waals surface area contributed by atoms with E-state index >= 15 is 0 Å². The van der Waals surface area contributed by atoms with Crippen LogP contribution in [0.5, 0.6) is 0 Å². The number of aromatic nitrogens is 3. The van der Waals surface area contributed by atoms with E-state index in [0.29, 0.717) is 11.4 Å². The number of carbonyl (C=O) groups excluding carboxylic acids is 1. The first-order chi connectivity index (χ1) is 15.1. The van der Waals surface area contributed by atoms with Gasteiger partial charge in [-0.05, 0) is 43.2 Å². The molecule has 0 atom stereocenters. The molecule has 1 fully saturated rings. The molecule has 1 aliphatic carbocycles. The van der Waals surface area contributed by atoms with Crippen molar-refractivity contribution in [3.8, 4) is 0 Å². The summed E-state index contributed by atoms with van der Waals surface area (Å²) in [4.78, 5) is 16.1. The molecular formula is C19H18F3N5O3S2. The quantitative estimate of drug-likeness (QED) is 0.501. The van der Waals surface area contributed by atoms with Crippen molar-refractivity contribution in [3.05, 3.63) is 53.3 Å². The van der Waals surface area contributed by atoms with E-state index < -0.39 is 27.8 Å². The number of nitrogens with one attached hydrogen (secondary N) is 2. The van der Waals surface area contributed by atoms with Gasteiger partial charge in [-0.3, -0.25) is 14.2 Å². The van der Waals surface area contributed by atoms with Gasteiger partial charge >= 0.3 is 6.18 Å². The van der Waals surface area contributed by atoms with E-state index in [4.69, 9.17) is 0 Å². The minimum Gasteiger partial charge on any atom is -0.326 e. The SMILES string of the molecule is O=C(CCn1nc(C(F)(F)F)cc1C1CC1)Nc1ccc(S(=O)(=O)Nc2nccs2)cc1. The summed E-state index contributed by atoms with van der Waals surface area (Å²) < 4.78 is 67.2. The van der Waals surface area contributed by atoms with Crippen LogP contribution in [0.1, 0.15) is 36.6 Å². The number of halogens is 3. The maximum Gasteiger partial charge on any atom is 0.435 e. The summed E-state index contributed by atoms with van der Waals surface area (Å²) in [6, 6.07) is 6.58. The van der Waals surface area contributed by atoms with Gasteiger partial charge in [-0.25, -0.2) is 13.4 Å². The molecule has 0 saturated heterocycles. The number of thiazole rings is 1. The monoisotopic (exact) mass is 485 g/mol. The lowest BCUT2D eigenvalue weighted by Crippen LogP contribution is -2.17. The Balaban J connectivity index is 1.36. The first-order valence-electron chi connectivity index (χ1n) is 9.59. The average Bonchev–Trinajstić information content (AvgIpc) is 3.26. The minimum atomic E-state index is -4.53. The molecule has 0 bridgehead atoms. The molecule has 32 heavy (non-hydrogen) atoms. The second-order valence-electron chi connectivity index (χ2n) is 7.21. The van der Waals surface area contributed by atoms with E-state index in [1.807, 2.05) is 0 Å². The second-order valence-corrected chi connectivity index (χ2v) is 9.79. The molecule has 170 valence electrons. The van der Waals surface area contributed by atoms with Crippen molar-refractivity contribution in [3.63, 3.8) is 0 Å². The average molecular weight is 486 g/mol. The van der Waals surface area contributed by atoms with Gasteiger partial charge in [-0.15, -0.1) is 11.3 Å². The summed E-state index contributed by atoms with van der Waals surface area (Å²) >= 11 is 1.14. The first-order valence-corrected chi connectivity index (χ1v) is 12.0. The zero-order valence-electron chi connectivity index (χ0n) is 16.5. The number of aryl methyl sites for hydroxylation is 1. The highest BCUT2D eigenvalue weighted by molar-refractivity contribution is 7.93. The van der Waals surface area contributed by atoms with Gasteiger partial charge in [0.25, 0.3) is 10.0 Å². The van der Waals surface area contributed by atoms with Gasteiger partial charge in [0.15, 0.2) is 10.8 Å². The number of amides is 1. The van der Waals surface area contributed by atoms with Crippen LogP contribution in [0.15, 0.2) is 46.8 Å². The largest absolute Gasteiger partial charge is 0.435 e. The highest BCUT2D eigenvalue weighted by Crippen LogP contribution is 2.42. The summed E-state index contributed by atoms with van der Waals surface area (Å²) in [5.74, 6) is -0.374. The molecule has 0 radical (unpaired) electrons. The Morgan fingerprint density at radius 3 is 2.53 bits per heavy atom. The summed E-state index contributed by atoms with van der Waals surface area (Å²) in [6.07, 6.45) is -1.52. The van der Waals surface area contributed by atoms with Crippen LogP contribution in [0.2, 0.25) is 0 Å². The first kappa shape index (κ1) is 22.3. The Morgan fingerprint density at radius 1 is 1.22 bits per heavy atom. The number of hydrogen-bond donors (Lipinski definition) is 2. The Labute approximate surface area is 185 Å². The lowest BCUT2D eigenvalue weighted by atomic mass is 10.2. The van der Waals surface area contributed by atoms with Crippen molar-refractivity contribution in [1.29, 1.82) is 0 Å². The van der Waals surface area contributed by atoms with E-state index in [1.54, 1.807) is 5.38 Å². The molecule has 0 unspecified atom stereocenters. The van der Waals surface area contributed by atoms with Gasteiger partial charge in [-0.1, -0.05) is 0 Å². The van der Waals surface area contributed by atoms with Gasteiger partial charge in [-0.2, -0.15) is 18.3 Å². The smallest absolute Gasteiger partial charge is 0.326 e. The van der Waals surface area contributed by atoms with Crippen LogP contribution in [0.4, 0.5) is 24.0 Å². The van der Waals surface area contributed by atoms with Crippen molar-refractivity contribution in [2.45, 2.75) is 42.8 Å². The predicted octanol–water partition coefficient (Wildman–Crippen LogP) is 4.07. The van der Waals surface area contributed by atoms with Gasteiger partial charge in [0, 0.05) is 41.8 Å². The van der Waals surface area contributed by atoms with Crippen molar-refractivity contribution in [2.75, 3.05) is 10.0 Å². The van der Waals surface area contributed by atoms with Gasteiger partial charge in [0.2, 0.25) is 5.91 Å². The minimum absolute atomic E-state index is 0.00371. The molecule has 4 rings (SSSR count). The molecule has 0 aliphatic heterocycles. The van der Waals surface area contributed by atoms with E-state index in [2.05, 4.69) is 20.1 Å². The van der Waals surface area contributed by atoms with E-state index in [1.165, 1.54) is 35.1 Å². The molecule has 2 aromatic heterocycles. The van der Waals surface area contributed by atoms with Crippen LogP contribution in [0.25, 0.3) is 0 Å². The lowest BCUT2D eigenvalue weighted by Gasteiger charge is -2.09. The Kier molecular flexibility index (Phi) is 5.95. The summed E-state index contributed by atoms with van der Waals surface area (Å²) in [7, 11) is -3.81. The van der Waals surface area contributed by atoms with E-state index in [0.717, 1.165) is 30.2 Å². The molecule has 3 aromatic rings. The third-order valence-corrected chi connectivity index (χ3v) is 6.92. The van der Waals surface area contributed by atoms with Crippen LogP contribution in [-0.4, -0.2) is 29.1 Å². The summed E-state index contributed by atoms with van der Waals surface area (Å²) in [5, 5.41) is 8.11. The standard InChI is InChI=1S/C19H18F3N5O3S2/c20-19(21,22)16-11-15(12-1-2-12)27(25-16)9-7-17(28)24-13-3-5-14(6-4-13)32(29,30)26-18-23-8-10-31-18/h3-6,8,10-12H,1-2,7,9H2,(H,23,26)(H,24,28). The van der Waals surface area contributed by atoms with Crippen LogP contribution < -0.4 is 10.0 Å². The van der Waals surface area contributed by atoms with Gasteiger partial charge in [0.1, 0.15) is 0 Å². The Morgan fingerprint density at radius 2 is 1.94 bits per heavy atom. The maximum atomic E-state index is 13.0. The van der Waals surface area contributed by atoms with Crippen molar-refractivity contribution < 1.29 is 26.4 Å². The number of nitrogens with zero attached hydrogens (tertiary/aromatic N) is 3. The van der Waals surface area contributed by atoms with Crippen molar-refractivity contribution in [2.24, 2.45) is 0 Å². The van der Waals surface area contributed by atoms with Crippen molar-refractivity contribution in [1.82, 2.24) is 14.8 Å². The third-order valence-electron chi connectivity index (χ3n) is 4.75. The van der Waals surface area contributed by atoms with Crippen LogP contribution >= 0.6 is 11.3 Å². The predicted molar refractivity (Wildman–Crippen MR) is 112 cm³/mol. The third kappa shape index (κ3) is 5.27. The molecule has 1 aromatic carbocycles. The maximum absolute atomic E-state index is 13.0. The zero-order chi connectivity index (χ0) is 22.9. The van der Waals surface area contributed by atoms with Crippen LogP contribution in [-0.2, 0) is 27.5 Å². The molecule has 1 aliphatic rings. The Bertz CT molecular complexity index is 1200. The molecule has 2 heterocycles. The number of alkyl halides is 3. The topological polar surface area (TPSA) is 106 Å². The molecular weight excluding hydrogens is 467 g/mol. The number of carbonyl (C=O) groups is 1. The molecule has 1 amide bonds. The Hall–Kier alpha value is -2.93. The fourth-order valence-corrected chi connectivity index (χ4v) is 4.84. The number of hydrogen-bond acceptors (Lipinski definition) is 6. The highest BCUT2D eigenvalue weighted by atomic mass is 32.2. The van der Waals surface area contributed by atoms with Crippen LogP contribution in [0, 0.1) is 0 Å². The number of sulfonamides is 1.